The SMILES string of the molecule is COCCN1Cc2nc(N[C@H]3Cc4cc(Cl)cc(C#N)c4C3)ncc2C1=O. The molecule has 1 aliphatic carbocycles. The van der Waals surface area contributed by atoms with Crippen molar-refractivity contribution in [3.63, 3.8) is 0 Å². The van der Waals surface area contributed by atoms with Gasteiger partial charge >= 0.3 is 0 Å². The van der Waals surface area contributed by atoms with Gasteiger partial charge in [-0.2, -0.15) is 5.26 Å². The smallest absolute Gasteiger partial charge is 0.257 e. The molecule has 0 spiro atoms. The van der Waals surface area contributed by atoms with Gasteiger partial charge in [-0.25, -0.2) is 9.97 Å². The molecular formula is C19H18ClN5O2. The van der Waals surface area contributed by atoms with E-state index in [1.54, 1.807) is 24.3 Å². The number of carbonyl (C=O) groups excluding carboxylic acids is 1. The lowest BCUT2D eigenvalue weighted by molar-refractivity contribution is 0.0718. The van der Waals surface area contributed by atoms with E-state index in [2.05, 4.69) is 21.4 Å². The third-order valence-electron chi connectivity index (χ3n) is 4.97. The monoisotopic (exact) mass is 383 g/mol. The fourth-order valence-electron chi connectivity index (χ4n) is 3.68. The summed E-state index contributed by atoms with van der Waals surface area (Å²) in [6, 6.07) is 5.92. The first-order chi connectivity index (χ1) is 13.1. The molecule has 1 atom stereocenters. The second-order valence-corrected chi connectivity index (χ2v) is 7.16. The van der Waals surface area contributed by atoms with Crippen molar-refractivity contribution < 1.29 is 9.53 Å². The number of ether oxygens (including phenoxy) is 1. The van der Waals surface area contributed by atoms with Crippen molar-refractivity contribution in [2.24, 2.45) is 0 Å². The molecule has 0 saturated carbocycles. The summed E-state index contributed by atoms with van der Waals surface area (Å²) < 4.78 is 5.05. The number of rotatable bonds is 5. The maximum Gasteiger partial charge on any atom is 0.257 e. The minimum absolute atomic E-state index is 0.0600. The molecule has 7 nitrogen and oxygen atoms in total. The molecule has 1 amide bonds. The molecule has 1 N–H and O–H groups in total. The number of hydrogen-bond acceptors (Lipinski definition) is 6. The van der Waals surface area contributed by atoms with Crippen molar-refractivity contribution in [1.82, 2.24) is 14.9 Å². The Morgan fingerprint density at radius 2 is 2.30 bits per heavy atom. The van der Waals surface area contributed by atoms with Crippen LogP contribution in [0.5, 0.6) is 0 Å². The maximum atomic E-state index is 12.3. The number of nitrogens with zero attached hydrogens (tertiary/aromatic N) is 4. The summed E-state index contributed by atoms with van der Waals surface area (Å²) in [6.07, 6.45) is 3.05. The van der Waals surface area contributed by atoms with E-state index in [0.29, 0.717) is 48.2 Å². The van der Waals surface area contributed by atoms with Crippen LogP contribution in [-0.4, -0.2) is 47.1 Å². The van der Waals surface area contributed by atoms with Gasteiger partial charge < -0.3 is 15.0 Å². The van der Waals surface area contributed by atoms with Gasteiger partial charge in [0.1, 0.15) is 0 Å². The predicted octanol–water partition coefficient (Wildman–Crippen LogP) is 2.18. The Morgan fingerprint density at radius 3 is 3.07 bits per heavy atom. The molecule has 4 rings (SSSR count). The summed E-state index contributed by atoms with van der Waals surface area (Å²) in [5.74, 6) is 0.438. The van der Waals surface area contributed by atoms with Crippen LogP contribution in [0.3, 0.4) is 0 Å². The van der Waals surface area contributed by atoms with Gasteiger partial charge in [-0.05, 0) is 36.1 Å². The second kappa shape index (κ2) is 7.14. The topological polar surface area (TPSA) is 91.1 Å². The van der Waals surface area contributed by atoms with Crippen molar-refractivity contribution in [3.8, 4) is 6.07 Å². The molecule has 0 bridgehead atoms. The van der Waals surface area contributed by atoms with Crippen LogP contribution in [0.1, 0.15) is 32.7 Å². The number of nitrogens with one attached hydrogen (secondary N) is 1. The number of amides is 1. The molecule has 138 valence electrons. The minimum atomic E-state index is -0.0600. The fraction of sp³-hybridized carbons (Fsp3) is 0.368. The van der Waals surface area contributed by atoms with E-state index in [1.165, 1.54) is 0 Å². The average Bonchev–Trinajstić information content (AvgIpc) is 3.19. The first kappa shape index (κ1) is 17.7. The summed E-state index contributed by atoms with van der Waals surface area (Å²) in [6.45, 7) is 1.49. The number of halogens is 1. The molecule has 8 heteroatoms. The largest absolute Gasteiger partial charge is 0.383 e. The molecule has 1 aromatic carbocycles. The third kappa shape index (κ3) is 3.34. The third-order valence-corrected chi connectivity index (χ3v) is 5.19. The van der Waals surface area contributed by atoms with Crippen molar-refractivity contribution in [3.05, 3.63) is 51.3 Å². The Hall–Kier alpha value is -2.69. The van der Waals surface area contributed by atoms with E-state index >= 15 is 0 Å². The van der Waals surface area contributed by atoms with Crippen LogP contribution in [-0.2, 0) is 24.1 Å². The van der Waals surface area contributed by atoms with Crippen LogP contribution in [0.25, 0.3) is 0 Å². The predicted molar refractivity (Wildman–Crippen MR) is 99.6 cm³/mol. The zero-order valence-electron chi connectivity index (χ0n) is 14.8. The van der Waals surface area contributed by atoms with Crippen LogP contribution in [0, 0.1) is 11.3 Å². The molecule has 0 unspecified atom stereocenters. The maximum absolute atomic E-state index is 12.3. The number of methoxy groups -OCH3 is 1. The number of nitriles is 1. The summed E-state index contributed by atoms with van der Waals surface area (Å²) >= 11 is 6.10. The molecule has 0 saturated heterocycles. The number of aromatic nitrogens is 2. The van der Waals surface area contributed by atoms with E-state index in [4.69, 9.17) is 16.3 Å². The summed E-state index contributed by atoms with van der Waals surface area (Å²) in [7, 11) is 1.61. The highest BCUT2D eigenvalue weighted by atomic mass is 35.5. The molecule has 1 aliphatic heterocycles. The highest BCUT2D eigenvalue weighted by molar-refractivity contribution is 6.30. The number of carbonyl (C=O) groups is 1. The normalized spacial score (nSPS) is 17.6. The van der Waals surface area contributed by atoms with E-state index in [-0.39, 0.29) is 11.9 Å². The van der Waals surface area contributed by atoms with Gasteiger partial charge in [0, 0.05) is 30.9 Å². The molecule has 0 fully saturated rings. The first-order valence-corrected chi connectivity index (χ1v) is 9.09. The van der Waals surface area contributed by atoms with Gasteiger partial charge in [0.25, 0.3) is 5.91 Å². The Labute approximate surface area is 161 Å². The molecule has 27 heavy (non-hydrogen) atoms. The number of hydrogen-bond donors (Lipinski definition) is 1. The van der Waals surface area contributed by atoms with Crippen LogP contribution in [0.4, 0.5) is 5.95 Å². The Balaban J connectivity index is 1.48. The summed E-state index contributed by atoms with van der Waals surface area (Å²) in [4.78, 5) is 22.9. The Kier molecular flexibility index (Phi) is 4.68. The van der Waals surface area contributed by atoms with Gasteiger partial charge in [-0.1, -0.05) is 11.6 Å². The summed E-state index contributed by atoms with van der Waals surface area (Å²) in [5.41, 5.74) is 4.01. The standard InChI is InChI=1S/C19H18ClN5O2/c1-27-3-2-25-10-17-16(18(25)26)9-22-19(24-17)23-14-6-11-4-13(20)5-12(8-21)15(11)7-14/h4-5,9,14H,2-3,6-7,10H2,1H3,(H,22,23,24)/t14-/m0/s1. The number of benzene rings is 1. The first-order valence-electron chi connectivity index (χ1n) is 8.71. The Morgan fingerprint density at radius 1 is 1.44 bits per heavy atom. The number of anilines is 1. The highest BCUT2D eigenvalue weighted by Gasteiger charge is 2.30. The van der Waals surface area contributed by atoms with Gasteiger partial charge in [0.2, 0.25) is 5.95 Å². The lowest BCUT2D eigenvalue weighted by atomic mass is 10.0. The van der Waals surface area contributed by atoms with E-state index < -0.39 is 0 Å². The van der Waals surface area contributed by atoms with Crippen LogP contribution in [0.15, 0.2) is 18.3 Å². The van der Waals surface area contributed by atoms with Crippen LogP contribution in [0.2, 0.25) is 5.02 Å². The molecular weight excluding hydrogens is 366 g/mol. The van der Waals surface area contributed by atoms with Gasteiger partial charge in [0.15, 0.2) is 0 Å². The lowest BCUT2D eigenvalue weighted by Crippen LogP contribution is -2.27. The molecule has 1 aromatic heterocycles. The Bertz CT molecular complexity index is 956. The molecule has 2 heterocycles. The van der Waals surface area contributed by atoms with Crippen LogP contribution >= 0.6 is 11.6 Å². The van der Waals surface area contributed by atoms with Gasteiger partial charge in [-0.15, -0.1) is 0 Å². The molecule has 0 radical (unpaired) electrons. The average molecular weight is 384 g/mol. The second-order valence-electron chi connectivity index (χ2n) is 6.73. The van der Waals surface area contributed by atoms with E-state index in [0.717, 1.165) is 23.2 Å². The van der Waals surface area contributed by atoms with Crippen molar-refractivity contribution >= 4 is 23.5 Å². The van der Waals surface area contributed by atoms with E-state index in [9.17, 15) is 10.1 Å². The fourth-order valence-corrected chi connectivity index (χ4v) is 3.92. The van der Waals surface area contributed by atoms with Gasteiger partial charge in [0.05, 0.1) is 36.0 Å². The molecule has 2 aromatic rings. The highest BCUT2D eigenvalue weighted by Crippen LogP contribution is 2.30. The minimum Gasteiger partial charge on any atom is -0.383 e. The molecule has 2 aliphatic rings. The summed E-state index contributed by atoms with van der Waals surface area (Å²) in [5, 5.41) is 13.2. The quantitative estimate of drug-likeness (QED) is 0.850. The van der Waals surface area contributed by atoms with E-state index in [1.807, 2.05) is 6.07 Å². The van der Waals surface area contributed by atoms with Crippen molar-refractivity contribution in [2.75, 3.05) is 25.6 Å². The van der Waals surface area contributed by atoms with Crippen LogP contribution < -0.4 is 5.32 Å². The zero-order valence-corrected chi connectivity index (χ0v) is 15.6. The van der Waals surface area contributed by atoms with Crippen molar-refractivity contribution in [1.29, 1.82) is 5.26 Å². The van der Waals surface area contributed by atoms with Gasteiger partial charge in [-0.3, -0.25) is 4.79 Å². The number of fused-ring (bicyclic) bond motifs is 2. The zero-order chi connectivity index (χ0) is 19.0. The van der Waals surface area contributed by atoms with Crippen molar-refractivity contribution in [2.45, 2.75) is 25.4 Å². The lowest BCUT2D eigenvalue weighted by Gasteiger charge is -2.13.